The molecule has 0 aliphatic heterocycles. The first kappa shape index (κ1) is 15.4. The topological polar surface area (TPSA) is 58.2 Å². The van der Waals surface area contributed by atoms with E-state index in [-0.39, 0.29) is 9.92 Å². The van der Waals surface area contributed by atoms with Crippen molar-refractivity contribution in [2.24, 2.45) is 0 Å². The number of nitrogens with one attached hydrogen (secondary N) is 2. The lowest BCUT2D eigenvalue weighted by Gasteiger charge is -2.10. The van der Waals surface area contributed by atoms with Crippen molar-refractivity contribution >= 4 is 33.0 Å². The molecule has 6 heteroatoms. The summed E-state index contributed by atoms with van der Waals surface area (Å²) >= 11 is 5.92. The summed E-state index contributed by atoms with van der Waals surface area (Å²) < 4.78 is 27.0. The minimum Gasteiger partial charge on any atom is -0.382 e. The number of hydrogen-bond donors (Lipinski definition) is 2. The first-order chi connectivity index (χ1) is 10.0. The van der Waals surface area contributed by atoms with Crippen molar-refractivity contribution in [1.82, 2.24) is 0 Å². The predicted octanol–water partition coefficient (Wildman–Crippen LogP) is 3.74. The third-order valence-corrected chi connectivity index (χ3v) is 4.59. The monoisotopic (exact) mass is 322 g/mol. The van der Waals surface area contributed by atoms with E-state index in [0.717, 1.165) is 5.69 Å². The lowest BCUT2D eigenvalue weighted by Crippen LogP contribution is -2.13. The van der Waals surface area contributed by atoms with Crippen LogP contribution < -0.4 is 10.0 Å². The maximum absolute atomic E-state index is 12.3. The van der Waals surface area contributed by atoms with Gasteiger partial charge in [-0.05, 0) is 36.4 Å². The molecule has 2 aromatic rings. The zero-order chi connectivity index (χ0) is 15.3. The molecule has 0 radical (unpaired) electrons. The van der Waals surface area contributed by atoms with Crippen LogP contribution in [0.2, 0.25) is 5.02 Å². The summed E-state index contributed by atoms with van der Waals surface area (Å²) in [5, 5.41) is 3.30. The van der Waals surface area contributed by atoms with Crippen molar-refractivity contribution in [1.29, 1.82) is 0 Å². The van der Waals surface area contributed by atoms with Gasteiger partial charge in [0.05, 0.1) is 5.02 Å². The normalized spacial score (nSPS) is 10.9. The van der Waals surface area contributed by atoms with E-state index in [1.165, 1.54) is 6.07 Å². The Morgan fingerprint density at radius 2 is 1.67 bits per heavy atom. The summed E-state index contributed by atoms with van der Waals surface area (Å²) in [4.78, 5) is 0.0560. The van der Waals surface area contributed by atoms with Crippen LogP contribution in [0.3, 0.4) is 0 Å². The largest absolute Gasteiger partial charge is 0.382 e. The second kappa shape index (κ2) is 6.65. The zero-order valence-corrected chi connectivity index (χ0v) is 12.8. The second-order valence-corrected chi connectivity index (χ2v) is 6.34. The smallest absolute Gasteiger partial charge is 0.263 e. The lowest BCUT2D eigenvalue weighted by atomic mass is 10.3. The standard InChI is InChI=1S/C15H15ClN2O2S/c1-2-11-17-12-7-9-13(10-8-12)18-21(19,20)15-6-4-3-5-14(15)16/h2-10,17-18H,1,11H2. The van der Waals surface area contributed by atoms with Crippen molar-refractivity contribution < 1.29 is 8.42 Å². The molecule has 4 nitrogen and oxygen atoms in total. The van der Waals surface area contributed by atoms with Gasteiger partial charge < -0.3 is 5.32 Å². The SMILES string of the molecule is C=CCNc1ccc(NS(=O)(=O)c2ccccc2Cl)cc1. The molecule has 0 unspecified atom stereocenters. The van der Waals surface area contributed by atoms with Crippen LogP contribution in [0.25, 0.3) is 0 Å². The Hall–Kier alpha value is -1.98. The van der Waals surface area contributed by atoms with E-state index in [9.17, 15) is 8.42 Å². The van der Waals surface area contributed by atoms with E-state index in [1.54, 1.807) is 48.5 Å². The van der Waals surface area contributed by atoms with Crippen LogP contribution in [0.15, 0.2) is 66.1 Å². The quantitative estimate of drug-likeness (QED) is 0.796. The number of anilines is 2. The van der Waals surface area contributed by atoms with Crippen LogP contribution in [-0.2, 0) is 10.0 Å². The Labute approximate surface area is 129 Å². The van der Waals surface area contributed by atoms with E-state index >= 15 is 0 Å². The summed E-state index contributed by atoms with van der Waals surface area (Å²) in [7, 11) is -3.69. The molecule has 0 amide bonds. The highest BCUT2D eigenvalue weighted by atomic mass is 35.5. The van der Waals surface area contributed by atoms with E-state index in [4.69, 9.17) is 11.6 Å². The van der Waals surface area contributed by atoms with Crippen LogP contribution in [0, 0.1) is 0 Å². The Morgan fingerprint density at radius 1 is 1.05 bits per heavy atom. The van der Waals surface area contributed by atoms with Crippen LogP contribution >= 0.6 is 11.6 Å². The molecule has 0 aliphatic rings. The van der Waals surface area contributed by atoms with Crippen LogP contribution in [0.5, 0.6) is 0 Å². The Kier molecular flexibility index (Phi) is 4.88. The van der Waals surface area contributed by atoms with E-state index in [1.807, 2.05) is 0 Å². The summed E-state index contributed by atoms with van der Waals surface area (Å²) in [6.07, 6.45) is 1.74. The van der Waals surface area contributed by atoms with Gasteiger partial charge in [0.2, 0.25) is 0 Å². The molecule has 2 aromatic carbocycles. The van der Waals surface area contributed by atoms with Crippen molar-refractivity contribution in [2.45, 2.75) is 4.90 Å². The number of rotatable bonds is 6. The number of halogens is 1. The first-order valence-corrected chi connectivity index (χ1v) is 8.11. The maximum atomic E-state index is 12.3. The predicted molar refractivity (Wildman–Crippen MR) is 87.4 cm³/mol. The molecule has 2 rings (SSSR count). The van der Waals surface area contributed by atoms with Crippen molar-refractivity contribution in [3.05, 3.63) is 66.2 Å². The Balaban J connectivity index is 2.17. The Bertz CT molecular complexity index is 728. The molecule has 21 heavy (non-hydrogen) atoms. The second-order valence-electron chi connectivity index (χ2n) is 4.28. The minimum absolute atomic E-state index is 0.0560. The van der Waals surface area contributed by atoms with Gasteiger partial charge in [-0.2, -0.15) is 0 Å². The van der Waals surface area contributed by atoms with Crippen molar-refractivity contribution in [3.63, 3.8) is 0 Å². The molecule has 0 fully saturated rings. The molecule has 0 saturated heterocycles. The van der Waals surface area contributed by atoms with Gasteiger partial charge in [-0.25, -0.2) is 8.42 Å². The maximum Gasteiger partial charge on any atom is 0.263 e. The highest BCUT2D eigenvalue weighted by Crippen LogP contribution is 2.23. The molecule has 0 heterocycles. The molecule has 0 aliphatic carbocycles. The van der Waals surface area contributed by atoms with Gasteiger partial charge >= 0.3 is 0 Å². The third kappa shape index (κ3) is 4.00. The van der Waals surface area contributed by atoms with Gasteiger partial charge in [0.25, 0.3) is 10.0 Å². The molecular formula is C15H15ClN2O2S. The summed E-state index contributed by atoms with van der Waals surface area (Å²) in [5.41, 5.74) is 1.36. The van der Waals surface area contributed by atoms with Crippen molar-refractivity contribution in [3.8, 4) is 0 Å². The highest BCUT2D eigenvalue weighted by Gasteiger charge is 2.17. The molecule has 110 valence electrons. The first-order valence-electron chi connectivity index (χ1n) is 6.25. The van der Waals surface area contributed by atoms with E-state index < -0.39 is 10.0 Å². The molecule has 0 spiro atoms. The summed E-state index contributed by atoms with van der Waals surface area (Å²) in [6, 6.07) is 13.2. The highest BCUT2D eigenvalue weighted by molar-refractivity contribution is 7.92. The summed E-state index contributed by atoms with van der Waals surface area (Å²) in [5.74, 6) is 0. The molecule has 0 saturated carbocycles. The fourth-order valence-electron chi connectivity index (χ4n) is 1.72. The van der Waals surface area contributed by atoms with Gasteiger partial charge in [0.1, 0.15) is 4.90 Å². The molecule has 0 atom stereocenters. The molecule has 0 aromatic heterocycles. The average Bonchev–Trinajstić information content (AvgIpc) is 2.46. The van der Waals surface area contributed by atoms with Crippen molar-refractivity contribution in [2.75, 3.05) is 16.6 Å². The molecule has 2 N–H and O–H groups in total. The number of benzene rings is 2. The van der Waals surface area contributed by atoms with Crippen LogP contribution in [-0.4, -0.2) is 15.0 Å². The van der Waals surface area contributed by atoms with Gasteiger partial charge in [-0.3, -0.25) is 4.72 Å². The van der Waals surface area contributed by atoms with Crippen LogP contribution in [0.4, 0.5) is 11.4 Å². The fourth-order valence-corrected chi connectivity index (χ4v) is 3.30. The van der Waals surface area contributed by atoms with Gasteiger partial charge in [-0.15, -0.1) is 6.58 Å². The van der Waals surface area contributed by atoms with E-state index in [0.29, 0.717) is 12.2 Å². The van der Waals surface area contributed by atoms with Gasteiger partial charge in [0, 0.05) is 17.9 Å². The van der Waals surface area contributed by atoms with Crippen LogP contribution in [0.1, 0.15) is 0 Å². The van der Waals surface area contributed by atoms with E-state index in [2.05, 4.69) is 16.6 Å². The van der Waals surface area contributed by atoms with Gasteiger partial charge in [-0.1, -0.05) is 29.8 Å². The molecule has 0 bridgehead atoms. The number of hydrogen-bond acceptors (Lipinski definition) is 3. The zero-order valence-electron chi connectivity index (χ0n) is 11.2. The summed E-state index contributed by atoms with van der Waals surface area (Å²) in [6.45, 7) is 4.26. The van der Waals surface area contributed by atoms with Gasteiger partial charge in [0.15, 0.2) is 0 Å². The fraction of sp³-hybridized carbons (Fsp3) is 0.0667. The lowest BCUT2D eigenvalue weighted by molar-refractivity contribution is 0.601. The number of sulfonamides is 1. The average molecular weight is 323 g/mol. The Morgan fingerprint density at radius 3 is 2.29 bits per heavy atom. The minimum atomic E-state index is -3.69. The third-order valence-electron chi connectivity index (χ3n) is 2.71. The molecular weight excluding hydrogens is 308 g/mol.